The van der Waals surface area contributed by atoms with Crippen molar-refractivity contribution in [3.05, 3.63) is 12.2 Å². The number of aromatic nitrogens is 3. The van der Waals surface area contributed by atoms with Gasteiger partial charge in [0, 0.05) is 25.7 Å². The van der Waals surface area contributed by atoms with E-state index in [1.165, 1.54) is 25.8 Å². The summed E-state index contributed by atoms with van der Waals surface area (Å²) >= 11 is 0. The second-order valence-corrected chi connectivity index (χ2v) is 7.76. The number of hydrogen-bond acceptors (Lipinski definition) is 3. The summed E-state index contributed by atoms with van der Waals surface area (Å²) in [5.74, 6) is 1.02. The Hall–Kier alpha value is -0.900. The summed E-state index contributed by atoms with van der Waals surface area (Å²) in [6.45, 7) is 12.8. The lowest BCUT2D eigenvalue weighted by atomic mass is 9.65. The van der Waals surface area contributed by atoms with E-state index in [1.54, 1.807) is 0 Å². The summed E-state index contributed by atoms with van der Waals surface area (Å²) in [6, 6.07) is 0.783. The fourth-order valence-corrected chi connectivity index (χ4v) is 4.61. The van der Waals surface area contributed by atoms with Crippen LogP contribution in [-0.4, -0.2) is 38.8 Å². The predicted octanol–water partition coefficient (Wildman–Crippen LogP) is 2.49. The third-order valence-electron chi connectivity index (χ3n) is 4.96. The van der Waals surface area contributed by atoms with E-state index in [-0.39, 0.29) is 0 Å². The number of nitrogens with zero attached hydrogens (tertiary/aromatic N) is 4. The molecular formula is C15H26N4. The maximum atomic E-state index is 4.06. The predicted molar refractivity (Wildman–Crippen MR) is 75.9 cm³/mol. The van der Waals surface area contributed by atoms with Gasteiger partial charge >= 0.3 is 0 Å². The Morgan fingerprint density at radius 3 is 2.74 bits per heavy atom. The lowest BCUT2D eigenvalue weighted by Crippen LogP contribution is -2.35. The number of rotatable bonds is 3. The second-order valence-electron chi connectivity index (χ2n) is 7.76. The van der Waals surface area contributed by atoms with Crippen molar-refractivity contribution in [1.82, 2.24) is 19.7 Å². The molecule has 1 aliphatic heterocycles. The summed E-state index contributed by atoms with van der Waals surface area (Å²) in [5.41, 5.74) is 1.05. The molecule has 0 spiro atoms. The van der Waals surface area contributed by atoms with Crippen molar-refractivity contribution >= 4 is 0 Å². The Morgan fingerprint density at radius 2 is 2.05 bits per heavy atom. The highest BCUT2D eigenvalue weighted by Gasteiger charge is 2.49. The van der Waals surface area contributed by atoms with Gasteiger partial charge in [-0.15, -0.1) is 10.2 Å². The standard InChI is InChI=1S/C15H26N4/c1-12-17-16-11-19(12)6-5-18-10-15(4)8-13(18)7-14(2,3)9-15/h11,13H,5-10H2,1-4H3/t13-,15-/m1/s1. The summed E-state index contributed by atoms with van der Waals surface area (Å²) in [7, 11) is 0. The van der Waals surface area contributed by atoms with Crippen molar-refractivity contribution in [2.24, 2.45) is 10.8 Å². The number of likely N-dealkylation sites (tertiary alicyclic amines) is 1. The van der Waals surface area contributed by atoms with Gasteiger partial charge in [0.1, 0.15) is 12.2 Å². The van der Waals surface area contributed by atoms with Crippen molar-refractivity contribution in [3.8, 4) is 0 Å². The third-order valence-corrected chi connectivity index (χ3v) is 4.96. The zero-order chi connectivity index (χ0) is 13.7. The molecule has 2 heterocycles. The monoisotopic (exact) mass is 262 g/mol. The fraction of sp³-hybridized carbons (Fsp3) is 0.867. The van der Waals surface area contributed by atoms with Crippen LogP contribution in [0.4, 0.5) is 0 Å². The number of fused-ring (bicyclic) bond motifs is 2. The number of hydrogen-bond donors (Lipinski definition) is 0. The third kappa shape index (κ3) is 2.55. The van der Waals surface area contributed by atoms with Crippen LogP contribution in [0.3, 0.4) is 0 Å². The molecule has 0 radical (unpaired) electrons. The van der Waals surface area contributed by atoms with E-state index < -0.39 is 0 Å². The highest BCUT2D eigenvalue weighted by molar-refractivity contribution is 5.02. The van der Waals surface area contributed by atoms with Crippen molar-refractivity contribution in [2.45, 2.75) is 59.5 Å². The molecule has 2 atom stereocenters. The quantitative estimate of drug-likeness (QED) is 0.839. The average Bonchev–Trinajstić information content (AvgIpc) is 2.76. The maximum Gasteiger partial charge on any atom is 0.129 e. The first kappa shape index (κ1) is 13.1. The molecule has 1 aromatic rings. The Bertz CT molecular complexity index is 464. The van der Waals surface area contributed by atoms with Crippen LogP contribution in [0, 0.1) is 17.8 Å². The molecule has 1 saturated carbocycles. The van der Waals surface area contributed by atoms with Gasteiger partial charge in [-0.05, 0) is 37.0 Å². The van der Waals surface area contributed by atoms with Gasteiger partial charge in [-0.3, -0.25) is 4.90 Å². The zero-order valence-corrected chi connectivity index (χ0v) is 12.7. The van der Waals surface area contributed by atoms with Gasteiger partial charge < -0.3 is 4.57 Å². The first-order chi connectivity index (χ1) is 8.87. The van der Waals surface area contributed by atoms with E-state index in [9.17, 15) is 0 Å². The molecule has 0 N–H and O–H groups in total. The molecule has 1 saturated heterocycles. The lowest BCUT2D eigenvalue weighted by molar-refractivity contribution is 0.127. The molecule has 3 rings (SSSR count). The minimum Gasteiger partial charge on any atom is -0.317 e. The van der Waals surface area contributed by atoms with E-state index in [2.05, 4.69) is 40.4 Å². The molecule has 1 aromatic heterocycles. The summed E-state index contributed by atoms with van der Waals surface area (Å²) < 4.78 is 2.16. The van der Waals surface area contributed by atoms with Crippen LogP contribution < -0.4 is 0 Å². The van der Waals surface area contributed by atoms with Gasteiger partial charge in [-0.2, -0.15) is 0 Å². The Balaban J connectivity index is 1.66. The van der Waals surface area contributed by atoms with Crippen LogP contribution in [0.15, 0.2) is 6.33 Å². The van der Waals surface area contributed by atoms with Crippen LogP contribution in [0.5, 0.6) is 0 Å². The molecule has 0 aromatic carbocycles. The fourth-order valence-electron chi connectivity index (χ4n) is 4.61. The topological polar surface area (TPSA) is 34.0 Å². The van der Waals surface area contributed by atoms with E-state index in [0.717, 1.165) is 25.0 Å². The highest BCUT2D eigenvalue weighted by atomic mass is 15.3. The van der Waals surface area contributed by atoms with Crippen molar-refractivity contribution < 1.29 is 0 Å². The molecule has 4 nitrogen and oxygen atoms in total. The van der Waals surface area contributed by atoms with Gasteiger partial charge in [-0.1, -0.05) is 20.8 Å². The van der Waals surface area contributed by atoms with E-state index >= 15 is 0 Å². The zero-order valence-electron chi connectivity index (χ0n) is 12.7. The Labute approximate surface area is 116 Å². The first-order valence-corrected chi connectivity index (χ1v) is 7.45. The van der Waals surface area contributed by atoms with Crippen LogP contribution in [0.1, 0.15) is 45.9 Å². The minimum absolute atomic E-state index is 0.513. The first-order valence-electron chi connectivity index (χ1n) is 7.45. The molecule has 19 heavy (non-hydrogen) atoms. The highest BCUT2D eigenvalue weighted by Crippen LogP contribution is 2.52. The van der Waals surface area contributed by atoms with Gasteiger partial charge in [0.25, 0.3) is 0 Å². The van der Waals surface area contributed by atoms with Crippen LogP contribution in [-0.2, 0) is 6.54 Å². The Morgan fingerprint density at radius 1 is 1.26 bits per heavy atom. The summed E-state index contributed by atoms with van der Waals surface area (Å²) in [5, 5.41) is 8.02. The van der Waals surface area contributed by atoms with Crippen LogP contribution in [0.2, 0.25) is 0 Å². The smallest absolute Gasteiger partial charge is 0.129 e. The number of aryl methyl sites for hydroxylation is 1. The average molecular weight is 262 g/mol. The molecule has 2 fully saturated rings. The van der Waals surface area contributed by atoms with Gasteiger partial charge in [0.2, 0.25) is 0 Å². The molecule has 0 unspecified atom stereocenters. The van der Waals surface area contributed by atoms with E-state index in [4.69, 9.17) is 0 Å². The minimum atomic E-state index is 0.513. The van der Waals surface area contributed by atoms with Crippen LogP contribution in [0.25, 0.3) is 0 Å². The van der Waals surface area contributed by atoms with Gasteiger partial charge in [0.05, 0.1) is 0 Å². The molecule has 2 aliphatic rings. The largest absolute Gasteiger partial charge is 0.317 e. The van der Waals surface area contributed by atoms with Gasteiger partial charge in [-0.25, -0.2) is 0 Å². The maximum absolute atomic E-state index is 4.06. The van der Waals surface area contributed by atoms with Crippen molar-refractivity contribution in [2.75, 3.05) is 13.1 Å². The summed E-state index contributed by atoms with van der Waals surface area (Å²) in [6.07, 6.45) is 5.96. The van der Waals surface area contributed by atoms with Crippen molar-refractivity contribution in [3.63, 3.8) is 0 Å². The van der Waals surface area contributed by atoms with Gasteiger partial charge in [0.15, 0.2) is 0 Å². The SMILES string of the molecule is Cc1nncn1CCN1C[C@]2(C)C[C@H]1CC(C)(C)C2. The molecular weight excluding hydrogens is 236 g/mol. The lowest BCUT2D eigenvalue weighted by Gasteiger charge is -2.40. The Kier molecular flexibility index (Phi) is 2.97. The molecule has 4 heteroatoms. The molecule has 0 amide bonds. The molecule has 1 aliphatic carbocycles. The molecule has 106 valence electrons. The van der Waals surface area contributed by atoms with E-state index in [0.29, 0.717) is 10.8 Å². The normalized spacial score (nSPS) is 33.8. The van der Waals surface area contributed by atoms with Crippen molar-refractivity contribution in [1.29, 1.82) is 0 Å². The second kappa shape index (κ2) is 4.30. The van der Waals surface area contributed by atoms with E-state index in [1.807, 2.05) is 13.3 Å². The van der Waals surface area contributed by atoms with Crippen LogP contribution >= 0.6 is 0 Å². The molecule has 2 bridgehead atoms. The summed E-state index contributed by atoms with van der Waals surface area (Å²) in [4.78, 5) is 2.70.